The van der Waals surface area contributed by atoms with Crippen LogP contribution in [0.5, 0.6) is 11.5 Å². The summed E-state index contributed by atoms with van der Waals surface area (Å²) < 4.78 is 38.6. The Balaban J connectivity index is 1.52. The zero-order chi connectivity index (χ0) is 16.2. The molecule has 2 heterocycles. The number of carbonyl (C=O) groups excluding carboxylic acids is 1. The van der Waals surface area contributed by atoms with Crippen LogP contribution in [0.1, 0.15) is 31.2 Å². The van der Waals surface area contributed by atoms with Gasteiger partial charge in [-0.1, -0.05) is 6.07 Å². The molecule has 2 atom stereocenters. The molecule has 0 aromatic heterocycles. The van der Waals surface area contributed by atoms with Crippen molar-refractivity contribution in [1.82, 2.24) is 4.90 Å². The number of fused-ring (bicyclic) bond motifs is 1. The van der Waals surface area contributed by atoms with Crippen molar-refractivity contribution in [2.24, 2.45) is 0 Å². The fraction of sp³-hybridized carbons (Fsp3) is 0.588. The predicted molar refractivity (Wildman–Crippen MR) is 81.1 cm³/mol. The van der Waals surface area contributed by atoms with Gasteiger partial charge in [0.2, 0.25) is 13.0 Å². The van der Waals surface area contributed by atoms with E-state index in [1.165, 1.54) is 4.90 Å². The van der Waals surface area contributed by atoms with Crippen molar-refractivity contribution in [2.75, 3.05) is 19.9 Å². The van der Waals surface area contributed by atoms with Gasteiger partial charge in [-0.05, 0) is 49.8 Å². The van der Waals surface area contributed by atoms with Gasteiger partial charge in [-0.3, -0.25) is 4.79 Å². The van der Waals surface area contributed by atoms with Crippen LogP contribution < -0.4 is 9.47 Å². The molecule has 1 fully saturated rings. The van der Waals surface area contributed by atoms with Crippen LogP contribution in [0.3, 0.4) is 0 Å². The highest BCUT2D eigenvalue weighted by molar-refractivity contribution is 5.81. The van der Waals surface area contributed by atoms with E-state index in [2.05, 4.69) is 0 Å². The summed E-state index contributed by atoms with van der Waals surface area (Å²) in [4.78, 5) is 13.4. The molecule has 2 aliphatic rings. The van der Waals surface area contributed by atoms with E-state index in [9.17, 15) is 13.6 Å². The summed E-state index contributed by atoms with van der Waals surface area (Å²) in [6.45, 7) is 1.25. The van der Waals surface area contributed by atoms with E-state index in [1.807, 2.05) is 0 Å². The van der Waals surface area contributed by atoms with E-state index in [4.69, 9.17) is 9.47 Å². The zero-order valence-corrected chi connectivity index (χ0v) is 13.0. The summed E-state index contributed by atoms with van der Waals surface area (Å²) in [6, 6.07) is 5.34. The summed E-state index contributed by atoms with van der Waals surface area (Å²) in [5, 5.41) is 0. The number of hydrogen-bond donors (Lipinski definition) is 0. The molecule has 6 heteroatoms. The van der Waals surface area contributed by atoms with E-state index < -0.39 is 18.3 Å². The highest BCUT2D eigenvalue weighted by Gasteiger charge is 2.32. The lowest BCUT2D eigenvalue weighted by Crippen LogP contribution is -2.44. The first kappa shape index (κ1) is 16.0. The molecule has 0 bridgehead atoms. The molecule has 0 saturated carbocycles. The number of amides is 1. The van der Waals surface area contributed by atoms with Crippen LogP contribution in [0.15, 0.2) is 18.2 Å². The Labute approximate surface area is 134 Å². The molecule has 1 aromatic rings. The quantitative estimate of drug-likeness (QED) is 0.835. The number of alkyl halides is 2. The number of likely N-dealkylation sites (tertiary alicyclic amines) is 1. The zero-order valence-electron chi connectivity index (χ0n) is 13.0. The van der Waals surface area contributed by atoms with Gasteiger partial charge in [0.25, 0.3) is 5.91 Å². The first-order valence-electron chi connectivity index (χ1n) is 8.10. The second-order valence-corrected chi connectivity index (χ2v) is 6.03. The number of rotatable bonds is 5. The lowest BCUT2D eigenvalue weighted by molar-refractivity contribution is -0.140. The van der Waals surface area contributed by atoms with Crippen LogP contribution in [0.4, 0.5) is 8.78 Å². The Morgan fingerprint density at radius 1 is 1.13 bits per heavy atom. The maximum atomic E-state index is 14.1. The highest BCUT2D eigenvalue weighted by Crippen LogP contribution is 2.33. The van der Waals surface area contributed by atoms with Crippen molar-refractivity contribution in [3.05, 3.63) is 23.8 Å². The van der Waals surface area contributed by atoms with Gasteiger partial charge in [-0.2, -0.15) is 0 Å². The Bertz CT molecular complexity index is 561. The van der Waals surface area contributed by atoms with Crippen molar-refractivity contribution < 1.29 is 23.0 Å². The molecule has 0 N–H and O–H groups in total. The van der Waals surface area contributed by atoms with Gasteiger partial charge in [0.05, 0.1) is 0 Å². The highest BCUT2D eigenvalue weighted by atomic mass is 19.2. The third-order valence-electron chi connectivity index (χ3n) is 4.37. The molecule has 1 amide bonds. The van der Waals surface area contributed by atoms with Crippen molar-refractivity contribution in [1.29, 1.82) is 0 Å². The van der Waals surface area contributed by atoms with E-state index in [0.29, 0.717) is 31.0 Å². The van der Waals surface area contributed by atoms with Crippen LogP contribution in [0.2, 0.25) is 0 Å². The van der Waals surface area contributed by atoms with Gasteiger partial charge in [-0.25, -0.2) is 8.78 Å². The standard InChI is InChI=1S/C17H21F2NO3/c18-13(16(19)17(21)20-8-2-1-3-9-20)6-4-12-5-7-14-15(10-12)23-11-22-14/h5,7,10,13,16H,1-4,6,8-9,11H2/t13-,16+/m1/s1. The van der Waals surface area contributed by atoms with Gasteiger partial charge in [-0.15, -0.1) is 0 Å². The monoisotopic (exact) mass is 325 g/mol. The minimum absolute atomic E-state index is 0.0274. The van der Waals surface area contributed by atoms with Crippen molar-refractivity contribution in [2.45, 2.75) is 44.4 Å². The third kappa shape index (κ3) is 3.74. The molecule has 3 rings (SSSR count). The first-order valence-corrected chi connectivity index (χ1v) is 8.10. The fourth-order valence-corrected chi connectivity index (χ4v) is 2.99. The van der Waals surface area contributed by atoms with E-state index >= 15 is 0 Å². The average molecular weight is 325 g/mol. The summed E-state index contributed by atoms with van der Waals surface area (Å²) in [5.74, 6) is 0.580. The van der Waals surface area contributed by atoms with Crippen LogP contribution in [0.25, 0.3) is 0 Å². The van der Waals surface area contributed by atoms with E-state index in [1.54, 1.807) is 18.2 Å². The molecular formula is C17H21F2NO3. The second kappa shape index (κ2) is 7.15. The molecular weight excluding hydrogens is 304 g/mol. The number of piperidine rings is 1. The second-order valence-electron chi connectivity index (χ2n) is 6.03. The predicted octanol–water partition coefficient (Wildman–Crippen LogP) is 3.04. The lowest BCUT2D eigenvalue weighted by atomic mass is 10.0. The molecule has 0 spiro atoms. The number of benzene rings is 1. The topological polar surface area (TPSA) is 38.8 Å². The SMILES string of the molecule is O=C([C@@H](F)[C@H](F)CCc1ccc2c(c1)OCO2)N1CCCCC1. The van der Waals surface area contributed by atoms with E-state index in [-0.39, 0.29) is 13.2 Å². The van der Waals surface area contributed by atoms with Crippen molar-refractivity contribution in [3.8, 4) is 11.5 Å². The molecule has 0 unspecified atom stereocenters. The van der Waals surface area contributed by atoms with Crippen LogP contribution >= 0.6 is 0 Å². The average Bonchev–Trinajstić information content (AvgIpc) is 3.06. The van der Waals surface area contributed by atoms with Gasteiger partial charge in [0.15, 0.2) is 11.5 Å². The maximum absolute atomic E-state index is 14.1. The Morgan fingerprint density at radius 2 is 1.87 bits per heavy atom. The molecule has 4 nitrogen and oxygen atoms in total. The van der Waals surface area contributed by atoms with Crippen molar-refractivity contribution >= 4 is 5.91 Å². The van der Waals surface area contributed by atoms with Crippen LogP contribution in [-0.2, 0) is 11.2 Å². The molecule has 0 radical (unpaired) electrons. The van der Waals surface area contributed by atoms with E-state index in [0.717, 1.165) is 24.8 Å². The molecule has 1 saturated heterocycles. The molecule has 1 aromatic carbocycles. The first-order chi connectivity index (χ1) is 11.1. The smallest absolute Gasteiger partial charge is 0.260 e. The lowest BCUT2D eigenvalue weighted by Gasteiger charge is -2.28. The van der Waals surface area contributed by atoms with Crippen LogP contribution in [-0.4, -0.2) is 43.0 Å². The number of carbonyl (C=O) groups is 1. The number of nitrogens with zero attached hydrogens (tertiary/aromatic N) is 1. The molecule has 2 aliphatic heterocycles. The fourth-order valence-electron chi connectivity index (χ4n) is 2.99. The third-order valence-corrected chi connectivity index (χ3v) is 4.37. The number of ether oxygens (including phenoxy) is 2. The summed E-state index contributed by atoms with van der Waals surface area (Å²) in [7, 11) is 0. The van der Waals surface area contributed by atoms with Crippen LogP contribution in [0, 0.1) is 0 Å². The molecule has 23 heavy (non-hydrogen) atoms. The summed E-state index contributed by atoms with van der Waals surface area (Å²) >= 11 is 0. The van der Waals surface area contributed by atoms with Gasteiger partial charge < -0.3 is 14.4 Å². The van der Waals surface area contributed by atoms with Gasteiger partial charge in [0, 0.05) is 13.1 Å². The minimum Gasteiger partial charge on any atom is -0.454 e. The summed E-state index contributed by atoms with van der Waals surface area (Å²) in [6.07, 6.45) is -0.744. The number of halogens is 2. The number of aryl methyl sites for hydroxylation is 1. The molecule has 126 valence electrons. The summed E-state index contributed by atoms with van der Waals surface area (Å²) in [5.41, 5.74) is 0.842. The van der Waals surface area contributed by atoms with Gasteiger partial charge in [0.1, 0.15) is 6.17 Å². The number of hydrogen-bond acceptors (Lipinski definition) is 3. The Morgan fingerprint density at radius 3 is 2.65 bits per heavy atom. The Hall–Kier alpha value is -1.85. The van der Waals surface area contributed by atoms with Gasteiger partial charge >= 0.3 is 0 Å². The largest absolute Gasteiger partial charge is 0.454 e. The minimum atomic E-state index is -2.07. The Kier molecular flexibility index (Phi) is 4.98. The maximum Gasteiger partial charge on any atom is 0.260 e. The van der Waals surface area contributed by atoms with Crippen molar-refractivity contribution in [3.63, 3.8) is 0 Å². The normalized spacial score (nSPS) is 19.5. The molecule has 0 aliphatic carbocycles.